The topological polar surface area (TPSA) is 74.6 Å². The van der Waals surface area contributed by atoms with Crippen LogP contribution in [0, 0.1) is 11.8 Å². The first-order valence-electron chi connectivity index (χ1n) is 5.52. The van der Waals surface area contributed by atoms with Gasteiger partial charge in [-0.3, -0.25) is 0 Å². The maximum atomic E-state index is 11.4. The van der Waals surface area contributed by atoms with Crippen molar-refractivity contribution in [2.75, 3.05) is 0 Å². The fourth-order valence-corrected chi connectivity index (χ4v) is 2.12. The van der Waals surface area contributed by atoms with E-state index in [-0.39, 0.29) is 11.1 Å². The van der Waals surface area contributed by atoms with Crippen LogP contribution in [0.4, 0.5) is 0 Å². The lowest BCUT2D eigenvalue weighted by atomic mass is 9.88. The van der Waals surface area contributed by atoms with Gasteiger partial charge in [-0.25, -0.2) is 9.59 Å². The van der Waals surface area contributed by atoms with E-state index in [1.165, 1.54) is 0 Å². The highest BCUT2D eigenvalue weighted by Crippen LogP contribution is 2.29. The summed E-state index contributed by atoms with van der Waals surface area (Å²) in [6.07, 6.45) is 13.6. The number of rotatable bonds is 4. The largest absolute Gasteiger partial charge is 0.478 e. The van der Waals surface area contributed by atoms with E-state index < -0.39 is 23.8 Å². The Hall–Kier alpha value is -2.36. The number of carboxylic acid groups (broad SMARTS) is 2. The Kier molecular flexibility index (Phi) is 3.28. The average molecular weight is 244 g/mol. The van der Waals surface area contributed by atoms with Crippen LogP contribution in [0.1, 0.15) is 0 Å². The first-order valence-corrected chi connectivity index (χ1v) is 5.52. The van der Waals surface area contributed by atoms with E-state index in [9.17, 15) is 19.8 Å². The van der Waals surface area contributed by atoms with E-state index in [1.54, 1.807) is 48.6 Å². The molecule has 2 aliphatic rings. The molecule has 0 unspecified atom stereocenters. The molecule has 0 aliphatic heterocycles. The van der Waals surface area contributed by atoms with Gasteiger partial charge >= 0.3 is 11.9 Å². The summed E-state index contributed by atoms with van der Waals surface area (Å²) in [7, 11) is 0. The average Bonchev–Trinajstić information content (AvgIpc) is 2.97. The highest BCUT2D eigenvalue weighted by Gasteiger charge is 2.29. The van der Waals surface area contributed by atoms with Crippen molar-refractivity contribution in [1.29, 1.82) is 0 Å². The highest BCUT2D eigenvalue weighted by molar-refractivity contribution is 6.00. The van der Waals surface area contributed by atoms with Gasteiger partial charge < -0.3 is 10.2 Å². The summed E-state index contributed by atoms with van der Waals surface area (Å²) in [5.74, 6) is -3.34. The van der Waals surface area contributed by atoms with Crippen molar-refractivity contribution in [2.24, 2.45) is 11.8 Å². The van der Waals surface area contributed by atoms with Crippen molar-refractivity contribution in [3.63, 3.8) is 0 Å². The second-order valence-corrected chi connectivity index (χ2v) is 4.03. The van der Waals surface area contributed by atoms with E-state index in [1.807, 2.05) is 0 Å². The molecule has 0 saturated carbocycles. The fourth-order valence-electron chi connectivity index (χ4n) is 2.12. The van der Waals surface area contributed by atoms with Crippen molar-refractivity contribution in [3.8, 4) is 0 Å². The SMILES string of the molecule is O=C(O)/C(=C(\C(=O)O)C1C=CC=C1)C1C=CC=C1. The van der Waals surface area contributed by atoms with Crippen LogP contribution in [0.2, 0.25) is 0 Å². The van der Waals surface area contributed by atoms with E-state index in [4.69, 9.17) is 0 Å². The van der Waals surface area contributed by atoms with E-state index in [0.29, 0.717) is 0 Å². The fraction of sp³-hybridized carbons (Fsp3) is 0.143. The van der Waals surface area contributed by atoms with Gasteiger partial charge in [-0.15, -0.1) is 0 Å². The van der Waals surface area contributed by atoms with Crippen molar-refractivity contribution in [3.05, 3.63) is 59.8 Å². The van der Waals surface area contributed by atoms with Crippen molar-refractivity contribution < 1.29 is 19.8 Å². The van der Waals surface area contributed by atoms with Crippen molar-refractivity contribution in [2.45, 2.75) is 0 Å². The Bertz CT molecular complexity index is 460. The van der Waals surface area contributed by atoms with Crippen LogP contribution in [0.15, 0.2) is 59.8 Å². The lowest BCUT2D eigenvalue weighted by Gasteiger charge is -2.15. The number of carbonyl (C=O) groups is 2. The summed E-state index contributed by atoms with van der Waals surface area (Å²) in [4.78, 5) is 22.7. The van der Waals surface area contributed by atoms with Gasteiger partial charge in [0.25, 0.3) is 0 Å². The van der Waals surface area contributed by atoms with Crippen molar-refractivity contribution >= 4 is 11.9 Å². The lowest BCUT2D eigenvalue weighted by Crippen LogP contribution is -2.20. The molecule has 0 radical (unpaired) electrons. The summed E-state index contributed by atoms with van der Waals surface area (Å²) in [6, 6.07) is 0. The molecule has 2 N–H and O–H groups in total. The van der Waals surface area contributed by atoms with E-state index in [2.05, 4.69) is 0 Å². The highest BCUT2D eigenvalue weighted by atomic mass is 16.4. The van der Waals surface area contributed by atoms with Crippen LogP contribution >= 0.6 is 0 Å². The second kappa shape index (κ2) is 4.87. The normalized spacial score (nSPS) is 19.6. The molecule has 4 nitrogen and oxygen atoms in total. The number of allylic oxidation sites excluding steroid dienone is 8. The molecule has 92 valence electrons. The van der Waals surface area contributed by atoms with Crippen LogP contribution in [-0.4, -0.2) is 22.2 Å². The van der Waals surface area contributed by atoms with Crippen LogP contribution in [0.5, 0.6) is 0 Å². The molecule has 0 aromatic heterocycles. The molecule has 0 saturated heterocycles. The summed E-state index contributed by atoms with van der Waals surface area (Å²) in [5, 5.41) is 18.6. The molecule has 2 rings (SSSR count). The zero-order valence-corrected chi connectivity index (χ0v) is 9.48. The van der Waals surface area contributed by atoms with Gasteiger partial charge in [-0.05, 0) is 0 Å². The van der Waals surface area contributed by atoms with Crippen LogP contribution < -0.4 is 0 Å². The maximum absolute atomic E-state index is 11.4. The van der Waals surface area contributed by atoms with E-state index >= 15 is 0 Å². The zero-order valence-electron chi connectivity index (χ0n) is 9.48. The standard InChI is InChI=1S/C14H12O4/c15-13(16)11(9-5-1-2-6-9)12(14(17)18)10-7-3-4-8-10/h1-10H,(H,15,16)(H,17,18)/b12-11-. The second-order valence-electron chi connectivity index (χ2n) is 4.03. The predicted octanol–water partition coefficient (Wildman–Crippen LogP) is 1.94. The Morgan fingerprint density at radius 2 is 0.944 bits per heavy atom. The van der Waals surface area contributed by atoms with Gasteiger partial charge in [0, 0.05) is 11.8 Å². The van der Waals surface area contributed by atoms with Crippen LogP contribution in [0.25, 0.3) is 0 Å². The predicted molar refractivity (Wildman–Crippen MR) is 65.8 cm³/mol. The summed E-state index contributed by atoms with van der Waals surface area (Å²) < 4.78 is 0. The van der Waals surface area contributed by atoms with Gasteiger partial charge in [0.1, 0.15) is 0 Å². The van der Waals surface area contributed by atoms with Crippen LogP contribution in [0.3, 0.4) is 0 Å². The number of hydrogen-bond donors (Lipinski definition) is 2. The summed E-state index contributed by atoms with van der Waals surface area (Å²) in [5.41, 5.74) is -0.151. The maximum Gasteiger partial charge on any atom is 0.333 e. The molecule has 0 bridgehead atoms. The molecule has 4 heteroatoms. The molecule has 0 fully saturated rings. The number of aliphatic carboxylic acids is 2. The molecule has 18 heavy (non-hydrogen) atoms. The quantitative estimate of drug-likeness (QED) is 0.741. The Labute approximate surface area is 104 Å². The third kappa shape index (κ3) is 2.18. The van der Waals surface area contributed by atoms with Gasteiger partial charge in [-0.2, -0.15) is 0 Å². The molecule has 0 aromatic carbocycles. The molecule has 0 aromatic rings. The third-order valence-electron chi connectivity index (χ3n) is 2.91. The number of hydrogen-bond acceptors (Lipinski definition) is 2. The molecule has 0 spiro atoms. The van der Waals surface area contributed by atoms with Gasteiger partial charge in [0.2, 0.25) is 0 Å². The smallest absolute Gasteiger partial charge is 0.333 e. The van der Waals surface area contributed by atoms with Crippen LogP contribution in [-0.2, 0) is 9.59 Å². The van der Waals surface area contributed by atoms with Crippen molar-refractivity contribution in [1.82, 2.24) is 0 Å². The minimum absolute atomic E-state index is 0.0753. The van der Waals surface area contributed by atoms with E-state index in [0.717, 1.165) is 0 Å². The minimum Gasteiger partial charge on any atom is -0.478 e. The minimum atomic E-state index is -1.19. The Balaban J connectivity index is 2.53. The Morgan fingerprint density at radius 1 is 0.667 bits per heavy atom. The molecular formula is C14H12O4. The van der Waals surface area contributed by atoms with Gasteiger partial charge in [0.05, 0.1) is 11.1 Å². The molecule has 0 amide bonds. The monoisotopic (exact) mass is 244 g/mol. The Morgan fingerprint density at radius 3 is 1.17 bits per heavy atom. The van der Waals surface area contributed by atoms with Gasteiger partial charge in [0.15, 0.2) is 0 Å². The molecule has 0 atom stereocenters. The summed E-state index contributed by atoms with van der Waals surface area (Å²) >= 11 is 0. The van der Waals surface area contributed by atoms with Gasteiger partial charge in [-0.1, -0.05) is 48.6 Å². The number of carboxylic acids is 2. The lowest BCUT2D eigenvalue weighted by molar-refractivity contribution is -0.136. The molecule has 0 heterocycles. The first-order chi connectivity index (χ1) is 8.61. The molecular weight excluding hydrogens is 232 g/mol. The zero-order chi connectivity index (χ0) is 13.1. The first kappa shape index (κ1) is 12.1. The molecule has 2 aliphatic carbocycles. The summed E-state index contributed by atoms with van der Waals surface area (Å²) in [6.45, 7) is 0. The third-order valence-corrected chi connectivity index (χ3v) is 2.91.